The molecule has 9 heteroatoms. The maximum Gasteiger partial charge on any atom is 0.244 e. The van der Waals surface area contributed by atoms with E-state index in [0.29, 0.717) is 6.42 Å². The van der Waals surface area contributed by atoms with Crippen molar-refractivity contribution in [2.75, 3.05) is 11.5 Å². The highest BCUT2D eigenvalue weighted by atomic mass is 32.2. The van der Waals surface area contributed by atoms with E-state index in [4.69, 9.17) is 0 Å². The highest BCUT2D eigenvalue weighted by Gasteiger charge is 2.41. The Kier molecular flexibility index (Phi) is 5.46. The van der Waals surface area contributed by atoms with Gasteiger partial charge >= 0.3 is 0 Å². The molecule has 0 saturated carbocycles. The molecular weight excluding hydrogens is 424 g/mol. The Bertz CT molecular complexity index is 1170. The standard InChI is InChI=1S/C21H24N2O5S2/c1-15-6-8-19(9-7-15)30(27,28)23-13-17-5-3-2-4-16(17)12-20(23)21(24)22-18-10-11-29(25,26)14-18/h2-9,18,20H,10-14H2,1H3,(H,22,24)/t18-,20+/m1/s1. The molecule has 2 atom stereocenters. The van der Waals surface area contributed by atoms with Crippen molar-refractivity contribution in [1.29, 1.82) is 0 Å². The minimum absolute atomic E-state index is 0.0385. The van der Waals surface area contributed by atoms with E-state index in [1.54, 1.807) is 24.3 Å². The third-order valence-electron chi connectivity index (χ3n) is 5.71. The fourth-order valence-corrected chi connectivity index (χ4v) is 7.27. The summed E-state index contributed by atoms with van der Waals surface area (Å²) < 4.78 is 51.5. The van der Waals surface area contributed by atoms with Gasteiger partial charge in [0.05, 0.1) is 16.4 Å². The predicted molar refractivity (Wildman–Crippen MR) is 113 cm³/mol. The van der Waals surface area contributed by atoms with E-state index in [2.05, 4.69) is 5.32 Å². The molecule has 2 heterocycles. The maximum absolute atomic E-state index is 13.4. The molecule has 1 N–H and O–H groups in total. The van der Waals surface area contributed by atoms with Crippen LogP contribution in [0.15, 0.2) is 53.4 Å². The molecule has 0 aliphatic carbocycles. The number of nitrogens with zero attached hydrogens (tertiary/aromatic N) is 1. The zero-order chi connectivity index (χ0) is 21.5. The number of hydrogen-bond donors (Lipinski definition) is 1. The third-order valence-corrected chi connectivity index (χ3v) is 9.35. The van der Waals surface area contributed by atoms with Gasteiger partial charge in [-0.1, -0.05) is 42.0 Å². The third kappa shape index (κ3) is 4.14. The normalized spacial score (nSPS) is 23.6. The van der Waals surface area contributed by atoms with E-state index < -0.39 is 37.9 Å². The Morgan fingerprint density at radius 1 is 1.07 bits per heavy atom. The van der Waals surface area contributed by atoms with Crippen molar-refractivity contribution in [2.24, 2.45) is 0 Å². The summed E-state index contributed by atoms with van der Waals surface area (Å²) in [5.74, 6) is -0.522. The van der Waals surface area contributed by atoms with Gasteiger partial charge in [0.2, 0.25) is 15.9 Å². The summed E-state index contributed by atoms with van der Waals surface area (Å²) in [4.78, 5) is 13.2. The summed E-state index contributed by atoms with van der Waals surface area (Å²) in [7, 11) is -7.07. The topological polar surface area (TPSA) is 101 Å². The van der Waals surface area contributed by atoms with Crippen molar-refractivity contribution in [1.82, 2.24) is 9.62 Å². The number of benzene rings is 2. The lowest BCUT2D eigenvalue weighted by atomic mass is 9.95. The number of fused-ring (bicyclic) bond motifs is 1. The molecule has 0 unspecified atom stereocenters. The van der Waals surface area contributed by atoms with Crippen LogP contribution in [0.1, 0.15) is 23.1 Å². The van der Waals surface area contributed by atoms with Gasteiger partial charge in [0.1, 0.15) is 6.04 Å². The van der Waals surface area contributed by atoms with Gasteiger partial charge in [0.25, 0.3) is 0 Å². The molecule has 160 valence electrons. The molecule has 1 saturated heterocycles. The number of carbonyl (C=O) groups excluding carboxylic acids is 1. The quantitative estimate of drug-likeness (QED) is 0.762. The van der Waals surface area contributed by atoms with Gasteiger partial charge in [-0.05, 0) is 43.0 Å². The Morgan fingerprint density at radius 3 is 2.37 bits per heavy atom. The van der Waals surface area contributed by atoms with E-state index in [-0.39, 0.29) is 29.4 Å². The van der Waals surface area contributed by atoms with Gasteiger partial charge in [0.15, 0.2) is 9.84 Å². The molecule has 30 heavy (non-hydrogen) atoms. The lowest BCUT2D eigenvalue weighted by Gasteiger charge is -2.35. The fraction of sp³-hybridized carbons (Fsp3) is 0.381. The molecule has 2 aliphatic heterocycles. The zero-order valence-electron chi connectivity index (χ0n) is 16.6. The first kappa shape index (κ1) is 21.0. The summed E-state index contributed by atoms with van der Waals surface area (Å²) in [6, 6.07) is 12.6. The average Bonchev–Trinajstić information content (AvgIpc) is 3.05. The fourth-order valence-electron chi connectivity index (χ4n) is 4.03. The van der Waals surface area contributed by atoms with Crippen LogP contribution in [-0.2, 0) is 37.6 Å². The molecule has 7 nitrogen and oxygen atoms in total. The molecule has 4 rings (SSSR count). The summed E-state index contributed by atoms with van der Waals surface area (Å²) in [6.45, 7) is 1.97. The predicted octanol–water partition coefficient (Wildman–Crippen LogP) is 1.41. The van der Waals surface area contributed by atoms with Crippen LogP contribution in [-0.4, -0.2) is 50.6 Å². The lowest BCUT2D eigenvalue weighted by Crippen LogP contribution is -2.54. The van der Waals surface area contributed by atoms with Gasteiger partial charge in [0, 0.05) is 12.6 Å². The molecule has 2 aliphatic rings. The second-order valence-electron chi connectivity index (χ2n) is 7.96. The van der Waals surface area contributed by atoms with Gasteiger partial charge in [-0.2, -0.15) is 4.31 Å². The smallest absolute Gasteiger partial charge is 0.244 e. The molecule has 1 amide bonds. The molecule has 2 aromatic carbocycles. The van der Waals surface area contributed by atoms with Crippen LogP contribution in [0.25, 0.3) is 0 Å². The Balaban J connectivity index is 1.67. The van der Waals surface area contributed by atoms with Crippen LogP contribution >= 0.6 is 0 Å². The van der Waals surface area contributed by atoms with Crippen molar-refractivity contribution in [2.45, 2.75) is 43.3 Å². The van der Waals surface area contributed by atoms with Crippen LogP contribution in [0.5, 0.6) is 0 Å². The molecule has 0 aromatic heterocycles. The first-order chi connectivity index (χ1) is 14.2. The second kappa shape index (κ2) is 7.79. The Labute approximate surface area is 177 Å². The number of carbonyl (C=O) groups is 1. The molecule has 0 bridgehead atoms. The van der Waals surface area contributed by atoms with Crippen molar-refractivity contribution in [3.05, 3.63) is 65.2 Å². The van der Waals surface area contributed by atoms with Crippen LogP contribution in [0, 0.1) is 6.92 Å². The second-order valence-corrected chi connectivity index (χ2v) is 12.1. The number of nitrogens with one attached hydrogen (secondary N) is 1. The van der Waals surface area contributed by atoms with E-state index in [1.807, 2.05) is 31.2 Å². The van der Waals surface area contributed by atoms with E-state index in [9.17, 15) is 21.6 Å². The maximum atomic E-state index is 13.4. The lowest BCUT2D eigenvalue weighted by molar-refractivity contribution is -0.125. The van der Waals surface area contributed by atoms with Gasteiger partial charge in [-0.3, -0.25) is 4.79 Å². The first-order valence-corrected chi connectivity index (χ1v) is 13.1. The zero-order valence-corrected chi connectivity index (χ0v) is 18.2. The molecule has 0 spiro atoms. The number of amides is 1. The van der Waals surface area contributed by atoms with Gasteiger partial charge in [-0.25, -0.2) is 16.8 Å². The van der Waals surface area contributed by atoms with Crippen LogP contribution in [0.3, 0.4) is 0 Å². The van der Waals surface area contributed by atoms with Crippen molar-refractivity contribution in [3.8, 4) is 0 Å². The van der Waals surface area contributed by atoms with E-state index in [1.165, 1.54) is 4.31 Å². The molecule has 0 radical (unpaired) electrons. The molecule has 1 fully saturated rings. The molecular formula is C21H24N2O5S2. The number of sulfone groups is 1. The van der Waals surface area contributed by atoms with Crippen LogP contribution < -0.4 is 5.32 Å². The van der Waals surface area contributed by atoms with Crippen LogP contribution in [0.2, 0.25) is 0 Å². The highest BCUT2D eigenvalue weighted by Crippen LogP contribution is 2.29. The summed E-state index contributed by atoms with van der Waals surface area (Å²) in [6.07, 6.45) is 0.592. The Morgan fingerprint density at radius 2 is 1.73 bits per heavy atom. The number of rotatable bonds is 4. The highest BCUT2D eigenvalue weighted by molar-refractivity contribution is 7.91. The minimum Gasteiger partial charge on any atom is -0.351 e. The van der Waals surface area contributed by atoms with Crippen molar-refractivity contribution in [3.63, 3.8) is 0 Å². The summed E-state index contributed by atoms with van der Waals surface area (Å²) in [5.41, 5.74) is 2.72. The van der Waals surface area contributed by atoms with E-state index in [0.717, 1.165) is 16.7 Å². The van der Waals surface area contributed by atoms with E-state index >= 15 is 0 Å². The Hall–Kier alpha value is -2.23. The van der Waals surface area contributed by atoms with Crippen LogP contribution in [0.4, 0.5) is 0 Å². The van der Waals surface area contributed by atoms with Gasteiger partial charge < -0.3 is 5.32 Å². The average molecular weight is 449 g/mol. The summed E-state index contributed by atoms with van der Waals surface area (Å²) in [5, 5.41) is 2.77. The SMILES string of the molecule is Cc1ccc(S(=O)(=O)N2Cc3ccccc3C[C@H]2C(=O)N[C@@H]2CCS(=O)(=O)C2)cc1. The first-order valence-electron chi connectivity index (χ1n) is 9.82. The summed E-state index contributed by atoms with van der Waals surface area (Å²) >= 11 is 0. The molecule has 2 aromatic rings. The van der Waals surface area contributed by atoms with Crippen molar-refractivity contribution < 1.29 is 21.6 Å². The number of hydrogen-bond acceptors (Lipinski definition) is 5. The van der Waals surface area contributed by atoms with Gasteiger partial charge in [-0.15, -0.1) is 0 Å². The minimum atomic E-state index is -3.92. The van der Waals surface area contributed by atoms with Crippen molar-refractivity contribution >= 4 is 25.8 Å². The monoisotopic (exact) mass is 448 g/mol. The number of aryl methyl sites for hydroxylation is 1. The number of sulfonamides is 1. The largest absolute Gasteiger partial charge is 0.351 e.